The molecule has 114 valence electrons. The van der Waals surface area contributed by atoms with E-state index in [9.17, 15) is 13.5 Å². The second kappa shape index (κ2) is 6.53. The number of sulfonamides is 1. The van der Waals surface area contributed by atoms with Crippen molar-refractivity contribution >= 4 is 15.7 Å². The monoisotopic (exact) mass is 302 g/mol. The average Bonchev–Trinajstić information content (AvgIpc) is 2.33. The molecule has 3 N–H and O–H groups in total. The zero-order valence-corrected chi connectivity index (χ0v) is 13.1. The lowest BCUT2D eigenvalue weighted by atomic mass is 10.1. The Morgan fingerprint density at radius 3 is 2.45 bits per heavy atom. The minimum Gasteiger partial charge on any atom is -0.398 e. The molecular formula is C13H22N2O4S. The number of nitrogens with zero attached hydrogens (tertiary/aromatic N) is 1. The van der Waals surface area contributed by atoms with Gasteiger partial charge in [0.25, 0.3) is 0 Å². The summed E-state index contributed by atoms with van der Waals surface area (Å²) in [6.07, 6.45) is -0.882. The Balaban J connectivity index is 3.07. The van der Waals surface area contributed by atoms with E-state index < -0.39 is 16.1 Å². The summed E-state index contributed by atoms with van der Waals surface area (Å²) in [5, 5.41) is 9.64. The fourth-order valence-corrected chi connectivity index (χ4v) is 3.23. The summed E-state index contributed by atoms with van der Waals surface area (Å²) in [7, 11) is -0.880. The summed E-state index contributed by atoms with van der Waals surface area (Å²) in [6, 6.07) is 3.20. The van der Waals surface area contributed by atoms with Gasteiger partial charge < -0.3 is 15.6 Å². The van der Waals surface area contributed by atoms with Gasteiger partial charge in [0, 0.05) is 20.7 Å². The van der Waals surface area contributed by atoms with Crippen molar-refractivity contribution in [1.82, 2.24) is 4.31 Å². The number of aryl methyl sites for hydroxylation is 2. The van der Waals surface area contributed by atoms with Crippen molar-refractivity contribution < 1.29 is 18.3 Å². The Morgan fingerprint density at radius 2 is 1.90 bits per heavy atom. The maximum atomic E-state index is 12.5. The van der Waals surface area contributed by atoms with Crippen LogP contribution < -0.4 is 5.73 Å². The summed E-state index contributed by atoms with van der Waals surface area (Å²) in [6.45, 7) is 3.71. The van der Waals surface area contributed by atoms with Gasteiger partial charge in [-0.1, -0.05) is 0 Å². The third kappa shape index (κ3) is 3.69. The topological polar surface area (TPSA) is 92.9 Å². The highest BCUT2D eigenvalue weighted by Gasteiger charge is 2.25. The Morgan fingerprint density at radius 1 is 1.35 bits per heavy atom. The third-order valence-electron chi connectivity index (χ3n) is 3.14. The van der Waals surface area contributed by atoms with Gasteiger partial charge in [0.15, 0.2) is 0 Å². The second-order valence-corrected chi connectivity index (χ2v) is 6.88. The summed E-state index contributed by atoms with van der Waals surface area (Å²) < 4.78 is 30.8. The van der Waals surface area contributed by atoms with Crippen molar-refractivity contribution in [3.05, 3.63) is 23.3 Å². The number of likely N-dealkylation sites (N-methyl/N-ethyl adjacent to an activating group) is 1. The molecule has 0 aromatic heterocycles. The molecule has 0 saturated heterocycles. The van der Waals surface area contributed by atoms with E-state index in [1.54, 1.807) is 12.1 Å². The zero-order valence-electron chi connectivity index (χ0n) is 12.3. The summed E-state index contributed by atoms with van der Waals surface area (Å²) in [4.78, 5) is 0.0627. The maximum Gasteiger partial charge on any atom is 0.244 e. The van der Waals surface area contributed by atoms with Gasteiger partial charge >= 0.3 is 0 Å². The van der Waals surface area contributed by atoms with E-state index in [0.29, 0.717) is 0 Å². The number of methoxy groups -OCH3 is 1. The minimum atomic E-state index is -3.73. The highest BCUT2D eigenvalue weighted by Crippen LogP contribution is 2.25. The first-order valence-corrected chi connectivity index (χ1v) is 7.64. The summed E-state index contributed by atoms with van der Waals surface area (Å²) in [5.74, 6) is 0. The van der Waals surface area contributed by atoms with Gasteiger partial charge in [-0.25, -0.2) is 8.42 Å². The normalized spacial score (nSPS) is 13.7. The van der Waals surface area contributed by atoms with Gasteiger partial charge in [0.1, 0.15) is 4.90 Å². The molecule has 1 aromatic rings. The molecule has 0 aliphatic carbocycles. The van der Waals surface area contributed by atoms with Crippen LogP contribution in [0.15, 0.2) is 17.0 Å². The first kappa shape index (κ1) is 16.9. The molecule has 1 rings (SSSR count). The van der Waals surface area contributed by atoms with Crippen LogP contribution in [0.2, 0.25) is 0 Å². The standard InChI is InChI=1S/C13H22N2O4S/c1-9-5-12(14)13(6-10(9)2)20(17,18)15(3)7-11(16)8-19-4/h5-6,11,16H,7-8,14H2,1-4H3. The fourth-order valence-electron chi connectivity index (χ4n) is 1.84. The predicted octanol–water partition coefficient (Wildman–Crippen LogP) is 0.513. The molecule has 0 fully saturated rings. The number of nitrogens with two attached hydrogens (primary N) is 1. The van der Waals surface area contributed by atoms with Gasteiger partial charge in [0.05, 0.1) is 18.4 Å². The van der Waals surface area contributed by atoms with Crippen molar-refractivity contribution in [3.8, 4) is 0 Å². The van der Waals surface area contributed by atoms with E-state index in [4.69, 9.17) is 10.5 Å². The molecule has 7 heteroatoms. The fraction of sp³-hybridized carbons (Fsp3) is 0.538. The van der Waals surface area contributed by atoms with Crippen LogP contribution in [0.3, 0.4) is 0 Å². The van der Waals surface area contributed by atoms with Crippen LogP contribution >= 0.6 is 0 Å². The molecule has 0 bridgehead atoms. The molecule has 1 unspecified atom stereocenters. The molecule has 0 radical (unpaired) electrons. The van der Waals surface area contributed by atoms with Gasteiger partial charge in [-0.15, -0.1) is 0 Å². The van der Waals surface area contributed by atoms with E-state index >= 15 is 0 Å². The Kier molecular flexibility index (Phi) is 5.52. The molecule has 0 spiro atoms. The number of aliphatic hydroxyl groups excluding tert-OH is 1. The number of hydrogen-bond donors (Lipinski definition) is 2. The largest absolute Gasteiger partial charge is 0.398 e. The quantitative estimate of drug-likeness (QED) is 0.747. The molecule has 0 aliphatic heterocycles. The molecule has 0 heterocycles. The van der Waals surface area contributed by atoms with Gasteiger partial charge in [-0.2, -0.15) is 4.31 Å². The molecule has 0 amide bonds. The van der Waals surface area contributed by atoms with Crippen molar-refractivity contribution in [3.63, 3.8) is 0 Å². The molecule has 20 heavy (non-hydrogen) atoms. The lowest BCUT2D eigenvalue weighted by molar-refractivity contribution is 0.0554. The number of ether oxygens (including phenoxy) is 1. The van der Waals surface area contributed by atoms with E-state index in [1.165, 1.54) is 14.2 Å². The number of rotatable bonds is 6. The van der Waals surface area contributed by atoms with E-state index in [0.717, 1.165) is 15.4 Å². The van der Waals surface area contributed by atoms with Crippen molar-refractivity contribution in [2.24, 2.45) is 0 Å². The zero-order chi connectivity index (χ0) is 15.5. The van der Waals surface area contributed by atoms with Crippen LogP contribution in [0.25, 0.3) is 0 Å². The number of anilines is 1. The Bertz CT molecular complexity index is 572. The Labute approximate surface area is 120 Å². The van der Waals surface area contributed by atoms with Crippen LogP contribution in [-0.2, 0) is 14.8 Å². The highest BCUT2D eigenvalue weighted by atomic mass is 32.2. The molecule has 0 saturated carbocycles. The van der Waals surface area contributed by atoms with Gasteiger partial charge in [-0.05, 0) is 37.1 Å². The maximum absolute atomic E-state index is 12.5. The second-order valence-electron chi connectivity index (χ2n) is 4.87. The molecule has 1 atom stereocenters. The molecule has 6 nitrogen and oxygen atoms in total. The smallest absolute Gasteiger partial charge is 0.244 e. The molecular weight excluding hydrogens is 280 g/mol. The Hall–Kier alpha value is -1.15. The van der Waals surface area contributed by atoms with E-state index in [1.807, 2.05) is 13.8 Å². The van der Waals surface area contributed by atoms with Gasteiger partial charge in [0.2, 0.25) is 10.0 Å². The van der Waals surface area contributed by atoms with Crippen molar-refractivity contribution in [2.75, 3.05) is 33.0 Å². The lowest BCUT2D eigenvalue weighted by Crippen LogP contribution is -2.36. The molecule has 1 aromatic carbocycles. The predicted molar refractivity (Wildman–Crippen MR) is 78.0 cm³/mol. The average molecular weight is 302 g/mol. The summed E-state index contributed by atoms with van der Waals surface area (Å²) >= 11 is 0. The number of benzene rings is 1. The van der Waals surface area contributed by atoms with Crippen molar-refractivity contribution in [2.45, 2.75) is 24.8 Å². The van der Waals surface area contributed by atoms with E-state index in [2.05, 4.69) is 0 Å². The lowest BCUT2D eigenvalue weighted by Gasteiger charge is -2.21. The van der Waals surface area contributed by atoms with Crippen molar-refractivity contribution in [1.29, 1.82) is 0 Å². The summed E-state index contributed by atoms with van der Waals surface area (Å²) in [5.41, 5.74) is 7.80. The first-order chi connectivity index (χ1) is 9.20. The van der Waals surface area contributed by atoms with Crippen LogP contribution in [0.4, 0.5) is 5.69 Å². The molecule has 0 aliphatic rings. The van der Waals surface area contributed by atoms with Crippen LogP contribution in [0.1, 0.15) is 11.1 Å². The van der Waals surface area contributed by atoms with E-state index in [-0.39, 0.29) is 23.7 Å². The third-order valence-corrected chi connectivity index (χ3v) is 5.02. The number of aliphatic hydroxyl groups is 1. The van der Waals surface area contributed by atoms with Crippen LogP contribution in [-0.4, -0.2) is 51.2 Å². The number of hydrogen-bond acceptors (Lipinski definition) is 5. The first-order valence-electron chi connectivity index (χ1n) is 6.20. The SMILES string of the molecule is COCC(O)CN(C)S(=O)(=O)c1cc(C)c(C)cc1N. The highest BCUT2D eigenvalue weighted by molar-refractivity contribution is 7.89. The minimum absolute atomic E-state index is 0.0530. The van der Waals surface area contributed by atoms with Crippen LogP contribution in [0.5, 0.6) is 0 Å². The van der Waals surface area contributed by atoms with Crippen LogP contribution in [0, 0.1) is 13.8 Å². The van der Waals surface area contributed by atoms with Gasteiger partial charge in [-0.3, -0.25) is 0 Å². The number of nitrogen functional groups attached to an aromatic ring is 1.